The second kappa shape index (κ2) is 12.7. The van der Waals surface area contributed by atoms with Crippen molar-refractivity contribution in [3.8, 4) is 5.75 Å². The summed E-state index contributed by atoms with van der Waals surface area (Å²) in [6, 6.07) is 18.4. The average Bonchev–Trinajstić information content (AvgIpc) is 2.60. The van der Waals surface area contributed by atoms with Gasteiger partial charge in [0.05, 0.1) is 6.26 Å². The number of carbonyl (C=O) groups is 1. The molecule has 0 bridgehead atoms. The summed E-state index contributed by atoms with van der Waals surface area (Å²) in [6.07, 6.45) is 2.83. The molecule has 0 heterocycles. The molecule has 0 aliphatic rings. The third-order valence-corrected chi connectivity index (χ3v) is 2.23. The highest BCUT2D eigenvalue weighted by Crippen LogP contribution is 2.08. The predicted octanol–water partition coefficient (Wildman–Crippen LogP) is 5.51. The van der Waals surface area contributed by atoms with Crippen molar-refractivity contribution in [1.29, 1.82) is 0 Å². The summed E-state index contributed by atoms with van der Waals surface area (Å²) in [7, 11) is 0. The highest BCUT2D eigenvalue weighted by Gasteiger charge is 1.99. The fourth-order valence-corrected chi connectivity index (χ4v) is 1.37. The van der Waals surface area contributed by atoms with Crippen LogP contribution in [-0.2, 0) is 0 Å². The number of benzene rings is 2. The van der Waals surface area contributed by atoms with Crippen molar-refractivity contribution in [2.24, 2.45) is 0 Å². The lowest BCUT2D eigenvalue weighted by Crippen LogP contribution is -1.94. The molecule has 0 atom stereocenters. The van der Waals surface area contributed by atoms with Crippen molar-refractivity contribution in [3.63, 3.8) is 0 Å². The Hall–Kier alpha value is -2.35. The van der Waals surface area contributed by atoms with Crippen molar-refractivity contribution >= 4 is 5.78 Å². The Labute approximate surface area is 128 Å². The number of ketones is 1. The number of para-hydroxylation sites is 1. The molecule has 0 spiro atoms. The smallest absolute Gasteiger partial charge is 0.188 e. The Kier molecular flexibility index (Phi) is 11.3. The fourth-order valence-electron chi connectivity index (χ4n) is 1.37. The molecule has 112 valence electrons. The summed E-state index contributed by atoms with van der Waals surface area (Å²) in [4.78, 5) is 11.7. The molecule has 0 N–H and O–H groups in total. The zero-order valence-electron chi connectivity index (χ0n) is 13.2. The molecular weight excluding hydrogens is 260 g/mol. The third kappa shape index (κ3) is 7.73. The standard InChI is InChI=1S/C15H12O2.2C2H6/c16-15(13-7-3-1-4-8-13)11-12-17-14-9-5-2-6-10-14;2*1-2/h1-12H;2*1-2H3/b12-11+;;. The van der Waals surface area contributed by atoms with Crippen LogP contribution < -0.4 is 4.74 Å². The molecule has 2 aromatic carbocycles. The molecule has 0 amide bonds. The van der Waals surface area contributed by atoms with Crippen molar-refractivity contribution in [2.45, 2.75) is 27.7 Å². The Morgan fingerprint density at radius 2 is 1.29 bits per heavy atom. The lowest BCUT2D eigenvalue weighted by Gasteiger charge is -1.98. The van der Waals surface area contributed by atoms with Gasteiger partial charge in [0.1, 0.15) is 5.75 Å². The molecule has 2 rings (SSSR count). The van der Waals surface area contributed by atoms with Gasteiger partial charge in [0.2, 0.25) is 0 Å². The highest BCUT2D eigenvalue weighted by atomic mass is 16.5. The fraction of sp³-hybridized carbons (Fsp3) is 0.211. The topological polar surface area (TPSA) is 26.3 Å². The van der Waals surface area contributed by atoms with E-state index in [1.807, 2.05) is 76.2 Å². The van der Waals surface area contributed by atoms with E-state index in [-0.39, 0.29) is 5.78 Å². The maximum Gasteiger partial charge on any atom is 0.188 e. The second-order valence-electron chi connectivity index (χ2n) is 3.46. The van der Waals surface area contributed by atoms with E-state index >= 15 is 0 Å². The largest absolute Gasteiger partial charge is 0.465 e. The maximum atomic E-state index is 11.7. The lowest BCUT2D eigenvalue weighted by molar-refractivity contribution is 0.104. The normalized spacial score (nSPS) is 8.95. The predicted molar refractivity (Wildman–Crippen MR) is 89.7 cm³/mol. The quantitative estimate of drug-likeness (QED) is 0.420. The van der Waals surface area contributed by atoms with Gasteiger partial charge in [0, 0.05) is 11.6 Å². The van der Waals surface area contributed by atoms with Crippen LogP contribution in [0.4, 0.5) is 0 Å². The van der Waals surface area contributed by atoms with Crippen LogP contribution in [0.1, 0.15) is 38.1 Å². The van der Waals surface area contributed by atoms with Crippen LogP contribution in [0.15, 0.2) is 73.0 Å². The SMILES string of the molecule is CC.CC.O=C(/C=C/Oc1ccccc1)c1ccccc1. The van der Waals surface area contributed by atoms with Crippen LogP contribution in [-0.4, -0.2) is 5.78 Å². The molecule has 0 aliphatic heterocycles. The van der Waals surface area contributed by atoms with Gasteiger partial charge in [-0.15, -0.1) is 0 Å². The minimum atomic E-state index is -0.0680. The molecule has 0 aromatic heterocycles. The van der Waals surface area contributed by atoms with Crippen LogP contribution in [0.5, 0.6) is 5.75 Å². The summed E-state index contributed by atoms with van der Waals surface area (Å²) >= 11 is 0. The molecule has 2 nitrogen and oxygen atoms in total. The maximum absolute atomic E-state index is 11.7. The number of hydrogen-bond acceptors (Lipinski definition) is 2. The number of hydrogen-bond donors (Lipinski definition) is 0. The minimum absolute atomic E-state index is 0.0680. The van der Waals surface area contributed by atoms with Crippen LogP contribution in [0, 0.1) is 0 Å². The molecule has 2 heteroatoms. The minimum Gasteiger partial charge on any atom is -0.465 e. The van der Waals surface area contributed by atoms with Crippen molar-refractivity contribution in [1.82, 2.24) is 0 Å². The summed E-state index contributed by atoms with van der Waals surface area (Å²) in [5, 5.41) is 0. The van der Waals surface area contributed by atoms with E-state index in [2.05, 4.69) is 0 Å². The highest BCUT2D eigenvalue weighted by molar-refractivity contribution is 6.04. The van der Waals surface area contributed by atoms with Crippen LogP contribution in [0.2, 0.25) is 0 Å². The van der Waals surface area contributed by atoms with E-state index < -0.39 is 0 Å². The number of ether oxygens (including phenoxy) is 1. The third-order valence-electron chi connectivity index (χ3n) is 2.23. The van der Waals surface area contributed by atoms with E-state index in [0.717, 1.165) is 0 Å². The molecule has 0 saturated carbocycles. The van der Waals surface area contributed by atoms with Gasteiger partial charge in [-0.1, -0.05) is 76.2 Å². The molecule has 21 heavy (non-hydrogen) atoms. The number of allylic oxidation sites excluding steroid dienone is 1. The summed E-state index contributed by atoms with van der Waals surface area (Å²) in [5.41, 5.74) is 0.653. The van der Waals surface area contributed by atoms with E-state index in [0.29, 0.717) is 11.3 Å². The molecular formula is C19H24O2. The Morgan fingerprint density at radius 1 is 0.810 bits per heavy atom. The molecule has 0 fully saturated rings. The first-order chi connectivity index (χ1) is 10.4. The first kappa shape index (κ1) is 18.6. The second-order valence-corrected chi connectivity index (χ2v) is 3.46. The Bertz CT molecular complexity index is 502. The Balaban J connectivity index is 0.000000921. The van der Waals surface area contributed by atoms with Gasteiger partial charge in [-0.25, -0.2) is 0 Å². The van der Waals surface area contributed by atoms with E-state index in [1.54, 1.807) is 12.1 Å². The van der Waals surface area contributed by atoms with Crippen LogP contribution in [0.3, 0.4) is 0 Å². The molecule has 0 aliphatic carbocycles. The molecule has 2 aromatic rings. The summed E-state index contributed by atoms with van der Waals surface area (Å²) in [6.45, 7) is 8.00. The zero-order chi connectivity index (χ0) is 15.9. The van der Waals surface area contributed by atoms with Gasteiger partial charge in [-0.3, -0.25) is 4.79 Å². The van der Waals surface area contributed by atoms with Crippen molar-refractivity contribution < 1.29 is 9.53 Å². The number of carbonyl (C=O) groups excluding carboxylic acids is 1. The zero-order valence-corrected chi connectivity index (χ0v) is 13.2. The van der Waals surface area contributed by atoms with Gasteiger partial charge < -0.3 is 4.74 Å². The van der Waals surface area contributed by atoms with E-state index in [4.69, 9.17) is 4.74 Å². The molecule has 0 saturated heterocycles. The summed E-state index contributed by atoms with van der Waals surface area (Å²) in [5.74, 6) is 0.645. The van der Waals surface area contributed by atoms with E-state index in [1.165, 1.54) is 12.3 Å². The van der Waals surface area contributed by atoms with Gasteiger partial charge in [0.15, 0.2) is 5.78 Å². The first-order valence-electron chi connectivity index (χ1n) is 7.34. The number of rotatable bonds is 4. The monoisotopic (exact) mass is 284 g/mol. The van der Waals surface area contributed by atoms with E-state index in [9.17, 15) is 4.79 Å². The van der Waals surface area contributed by atoms with Crippen molar-refractivity contribution in [2.75, 3.05) is 0 Å². The average molecular weight is 284 g/mol. The van der Waals surface area contributed by atoms with Crippen LogP contribution >= 0.6 is 0 Å². The van der Waals surface area contributed by atoms with Crippen molar-refractivity contribution in [3.05, 3.63) is 78.6 Å². The van der Waals surface area contributed by atoms with Gasteiger partial charge >= 0.3 is 0 Å². The Morgan fingerprint density at radius 3 is 1.81 bits per heavy atom. The lowest BCUT2D eigenvalue weighted by atomic mass is 10.1. The van der Waals surface area contributed by atoms with Gasteiger partial charge in [-0.2, -0.15) is 0 Å². The van der Waals surface area contributed by atoms with Gasteiger partial charge in [0.25, 0.3) is 0 Å². The first-order valence-corrected chi connectivity index (χ1v) is 7.34. The van der Waals surface area contributed by atoms with Crippen LogP contribution in [0.25, 0.3) is 0 Å². The molecule has 0 unspecified atom stereocenters. The summed E-state index contributed by atoms with van der Waals surface area (Å²) < 4.78 is 5.30. The van der Waals surface area contributed by atoms with Gasteiger partial charge in [-0.05, 0) is 12.1 Å². The molecule has 0 radical (unpaired) electrons.